The van der Waals surface area contributed by atoms with Crippen LogP contribution in [0.1, 0.15) is 16.7 Å². The predicted molar refractivity (Wildman–Crippen MR) is 65.2 cm³/mol. The van der Waals surface area contributed by atoms with Gasteiger partial charge >= 0.3 is 0 Å². The van der Waals surface area contributed by atoms with Gasteiger partial charge in [0.15, 0.2) is 0 Å². The van der Waals surface area contributed by atoms with E-state index >= 15 is 0 Å². The molecule has 73 valence electrons. The van der Waals surface area contributed by atoms with Crippen molar-refractivity contribution in [3.05, 3.63) is 59.2 Å². The van der Waals surface area contributed by atoms with Crippen LogP contribution in [0, 0.1) is 6.92 Å². The molecule has 2 aromatic carbocycles. The molecule has 0 heterocycles. The summed E-state index contributed by atoms with van der Waals surface area (Å²) in [6.07, 6.45) is 1.10. The second-order valence-electron chi connectivity index (χ2n) is 3.99. The standard InChI is InChI=1S/C14H12.Bi/c1-10-6-7-14-12(8-10)9-11-4-2-3-5-13(11)14;/h2-8H,9H2,1H3;. The van der Waals surface area contributed by atoms with Crippen molar-refractivity contribution in [2.75, 3.05) is 0 Å². The molecule has 0 N–H and O–H groups in total. The van der Waals surface area contributed by atoms with E-state index in [2.05, 4.69) is 49.4 Å². The van der Waals surface area contributed by atoms with Crippen molar-refractivity contribution < 1.29 is 0 Å². The predicted octanol–water partition coefficient (Wildman–Crippen LogP) is 3.19. The van der Waals surface area contributed by atoms with Crippen LogP contribution in [0.4, 0.5) is 0 Å². The molecule has 0 saturated heterocycles. The second kappa shape index (κ2) is 4.06. The number of hydrogen-bond acceptors (Lipinski definition) is 0. The van der Waals surface area contributed by atoms with Gasteiger partial charge in [0.05, 0.1) is 0 Å². The van der Waals surface area contributed by atoms with Crippen molar-refractivity contribution >= 4 is 26.2 Å². The summed E-state index contributed by atoms with van der Waals surface area (Å²) < 4.78 is 0. The number of benzene rings is 2. The zero-order valence-electron chi connectivity index (χ0n) is 8.70. The SMILES string of the molecule is Cc1ccc2c(c1)Cc1ccccc1-2.[Bi]. The molecule has 0 spiro atoms. The molecule has 0 saturated carbocycles. The van der Waals surface area contributed by atoms with E-state index in [4.69, 9.17) is 0 Å². The molecule has 0 bridgehead atoms. The van der Waals surface area contributed by atoms with Crippen LogP contribution in [0.3, 0.4) is 0 Å². The fraction of sp³-hybridized carbons (Fsp3) is 0.143. The molecule has 0 aliphatic heterocycles. The van der Waals surface area contributed by atoms with Crippen molar-refractivity contribution in [2.24, 2.45) is 0 Å². The molecule has 0 aromatic heterocycles. The van der Waals surface area contributed by atoms with Gasteiger partial charge in [-0.05, 0) is 35.6 Å². The molecular weight excluding hydrogens is 377 g/mol. The van der Waals surface area contributed by atoms with E-state index in [1.807, 2.05) is 0 Å². The van der Waals surface area contributed by atoms with E-state index in [0.29, 0.717) is 0 Å². The van der Waals surface area contributed by atoms with E-state index in [1.165, 1.54) is 27.8 Å². The molecule has 0 fully saturated rings. The molecule has 1 heteroatoms. The minimum Gasteiger partial charge on any atom is -0.0619 e. The summed E-state index contributed by atoms with van der Waals surface area (Å²) in [6.45, 7) is 2.16. The van der Waals surface area contributed by atoms with Gasteiger partial charge in [0.1, 0.15) is 0 Å². The third-order valence-electron chi connectivity index (χ3n) is 2.95. The summed E-state index contributed by atoms with van der Waals surface area (Å²) in [6, 6.07) is 15.4. The molecular formula is C14H12Bi. The van der Waals surface area contributed by atoms with Gasteiger partial charge in [-0.2, -0.15) is 0 Å². The average molecular weight is 389 g/mol. The zero-order valence-corrected chi connectivity index (χ0v) is 12.2. The fourth-order valence-corrected chi connectivity index (χ4v) is 2.27. The minimum absolute atomic E-state index is 0. The normalized spacial score (nSPS) is 11.5. The third-order valence-corrected chi connectivity index (χ3v) is 2.95. The quantitative estimate of drug-likeness (QED) is 0.519. The number of rotatable bonds is 0. The molecule has 1 aliphatic carbocycles. The molecule has 3 radical (unpaired) electrons. The van der Waals surface area contributed by atoms with Crippen LogP contribution in [0.5, 0.6) is 0 Å². The number of hydrogen-bond donors (Lipinski definition) is 0. The fourth-order valence-electron chi connectivity index (χ4n) is 2.27. The van der Waals surface area contributed by atoms with Crippen LogP contribution in [-0.4, -0.2) is 26.2 Å². The third kappa shape index (κ3) is 1.74. The van der Waals surface area contributed by atoms with Crippen LogP contribution < -0.4 is 0 Å². The summed E-state index contributed by atoms with van der Waals surface area (Å²) in [5.41, 5.74) is 7.14. The minimum atomic E-state index is 0. The van der Waals surface area contributed by atoms with Gasteiger partial charge in [-0.3, -0.25) is 0 Å². The summed E-state index contributed by atoms with van der Waals surface area (Å²) in [7, 11) is 0. The zero-order chi connectivity index (χ0) is 9.54. The van der Waals surface area contributed by atoms with Crippen LogP contribution in [0.2, 0.25) is 0 Å². The maximum atomic E-state index is 2.30. The molecule has 15 heavy (non-hydrogen) atoms. The van der Waals surface area contributed by atoms with Gasteiger partial charge in [0.2, 0.25) is 0 Å². The van der Waals surface area contributed by atoms with Crippen molar-refractivity contribution in [3.63, 3.8) is 0 Å². The summed E-state index contributed by atoms with van der Waals surface area (Å²) >= 11 is 0. The molecule has 1 aliphatic rings. The Hall–Kier alpha value is -0.677. The maximum absolute atomic E-state index is 2.30. The van der Waals surface area contributed by atoms with Crippen molar-refractivity contribution in [2.45, 2.75) is 13.3 Å². The van der Waals surface area contributed by atoms with Gasteiger partial charge in [-0.1, -0.05) is 48.0 Å². The Labute approximate surface area is 109 Å². The first-order chi connectivity index (χ1) is 6.84. The molecule has 0 unspecified atom stereocenters. The first-order valence-corrected chi connectivity index (χ1v) is 5.02. The first-order valence-electron chi connectivity index (χ1n) is 5.02. The first kappa shape index (κ1) is 10.8. The smallest absolute Gasteiger partial charge is 0 e. The van der Waals surface area contributed by atoms with Crippen LogP contribution >= 0.6 is 0 Å². The topological polar surface area (TPSA) is 0 Å². The Bertz CT molecular complexity index is 500. The van der Waals surface area contributed by atoms with Crippen molar-refractivity contribution in [1.29, 1.82) is 0 Å². The Morgan fingerprint density at radius 1 is 0.867 bits per heavy atom. The van der Waals surface area contributed by atoms with E-state index in [1.54, 1.807) is 0 Å². The summed E-state index contributed by atoms with van der Waals surface area (Å²) in [5.74, 6) is 0. The van der Waals surface area contributed by atoms with Gasteiger partial charge < -0.3 is 0 Å². The molecule has 0 atom stereocenters. The van der Waals surface area contributed by atoms with Crippen molar-refractivity contribution in [1.82, 2.24) is 0 Å². The van der Waals surface area contributed by atoms with Crippen molar-refractivity contribution in [3.8, 4) is 11.1 Å². The second-order valence-corrected chi connectivity index (χ2v) is 3.99. The van der Waals surface area contributed by atoms with Crippen LogP contribution in [0.25, 0.3) is 11.1 Å². The number of aryl methyl sites for hydroxylation is 1. The van der Waals surface area contributed by atoms with Gasteiger partial charge in [-0.25, -0.2) is 0 Å². The Balaban J connectivity index is 0.000000853. The van der Waals surface area contributed by atoms with E-state index < -0.39 is 0 Å². The van der Waals surface area contributed by atoms with Crippen LogP contribution in [-0.2, 0) is 6.42 Å². The molecule has 0 nitrogen and oxygen atoms in total. The Kier molecular flexibility index (Phi) is 2.93. The van der Waals surface area contributed by atoms with E-state index in [0.717, 1.165) is 6.42 Å². The summed E-state index contributed by atoms with van der Waals surface area (Å²) in [5, 5.41) is 0. The number of fused-ring (bicyclic) bond motifs is 3. The largest absolute Gasteiger partial charge is 0.0619 e. The van der Waals surface area contributed by atoms with E-state index in [9.17, 15) is 0 Å². The van der Waals surface area contributed by atoms with Gasteiger partial charge in [0.25, 0.3) is 0 Å². The molecule has 3 rings (SSSR count). The Morgan fingerprint density at radius 2 is 1.60 bits per heavy atom. The maximum Gasteiger partial charge on any atom is 0 e. The van der Waals surface area contributed by atoms with Gasteiger partial charge in [0, 0.05) is 26.2 Å². The van der Waals surface area contributed by atoms with Crippen LogP contribution in [0.15, 0.2) is 42.5 Å². The van der Waals surface area contributed by atoms with E-state index in [-0.39, 0.29) is 26.2 Å². The summed E-state index contributed by atoms with van der Waals surface area (Å²) in [4.78, 5) is 0. The average Bonchev–Trinajstić information content (AvgIpc) is 2.54. The van der Waals surface area contributed by atoms with Gasteiger partial charge in [-0.15, -0.1) is 0 Å². The Morgan fingerprint density at radius 3 is 2.47 bits per heavy atom. The molecule has 0 amide bonds. The monoisotopic (exact) mass is 389 g/mol. The molecule has 2 aromatic rings.